The van der Waals surface area contributed by atoms with Gasteiger partial charge in [0.15, 0.2) is 11.5 Å². The summed E-state index contributed by atoms with van der Waals surface area (Å²) in [6, 6.07) is 7.69. The molecule has 0 amide bonds. The normalized spacial score (nSPS) is 18.4. The Labute approximate surface area is 95.2 Å². The van der Waals surface area contributed by atoms with Gasteiger partial charge in [-0.25, -0.2) is 0 Å². The number of fused-ring (bicyclic) bond motifs is 1. The van der Waals surface area contributed by atoms with Crippen LogP contribution in [0.4, 0.5) is 0 Å². The van der Waals surface area contributed by atoms with Crippen LogP contribution in [0, 0.1) is 0 Å². The Morgan fingerprint density at radius 3 is 2.94 bits per heavy atom. The Hall–Kier alpha value is -1.26. The van der Waals surface area contributed by atoms with Gasteiger partial charge in [0.1, 0.15) is 12.7 Å². The monoisotopic (exact) mass is 223 g/mol. The summed E-state index contributed by atoms with van der Waals surface area (Å²) in [7, 11) is 0. The molecule has 88 valence electrons. The Morgan fingerprint density at radius 1 is 1.31 bits per heavy atom. The van der Waals surface area contributed by atoms with Crippen LogP contribution in [-0.4, -0.2) is 37.5 Å². The Morgan fingerprint density at radius 2 is 2.12 bits per heavy atom. The number of hydrogen-bond donors (Lipinski definition) is 2. The molecule has 1 aromatic rings. The van der Waals surface area contributed by atoms with Crippen molar-refractivity contribution >= 4 is 0 Å². The molecule has 1 aliphatic heterocycles. The summed E-state index contributed by atoms with van der Waals surface area (Å²) in [6.07, 6.45) is 0.818. The lowest BCUT2D eigenvalue weighted by molar-refractivity contribution is 0.0902. The molecule has 0 saturated carbocycles. The number of ether oxygens (including phenoxy) is 2. The van der Waals surface area contributed by atoms with Crippen molar-refractivity contribution in [1.82, 2.24) is 5.32 Å². The summed E-state index contributed by atoms with van der Waals surface area (Å²) in [5, 5.41) is 11.9. The summed E-state index contributed by atoms with van der Waals surface area (Å²) < 4.78 is 11.3. The number of hydrogen-bond acceptors (Lipinski definition) is 4. The number of aliphatic hydroxyl groups is 1. The van der Waals surface area contributed by atoms with E-state index in [0.29, 0.717) is 6.61 Å². The van der Waals surface area contributed by atoms with Gasteiger partial charge in [-0.1, -0.05) is 12.1 Å². The van der Waals surface area contributed by atoms with Gasteiger partial charge in [-0.3, -0.25) is 0 Å². The van der Waals surface area contributed by atoms with E-state index < -0.39 is 0 Å². The molecule has 0 radical (unpaired) electrons. The zero-order chi connectivity index (χ0) is 11.2. The Kier molecular flexibility index (Phi) is 4.02. The van der Waals surface area contributed by atoms with E-state index in [2.05, 4.69) is 5.32 Å². The molecule has 1 atom stereocenters. The van der Waals surface area contributed by atoms with Crippen LogP contribution in [0.2, 0.25) is 0 Å². The van der Waals surface area contributed by atoms with E-state index in [9.17, 15) is 0 Å². The number of nitrogens with one attached hydrogen (secondary N) is 1. The van der Waals surface area contributed by atoms with Crippen molar-refractivity contribution in [3.63, 3.8) is 0 Å². The van der Waals surface area contributed by atoms with Crippen molar-refractivity contribution in [2.75, 3.05) is 26.3 Å². The summed E-state index contributed by atoms with van der Waals surface area (Å²) >= 11 is 0. The van der Waals surface area contributed by atoms with Gasteiger partial charge in [0.05, 0.1) is 0 Å². The minimum atomic E-state index is 0.0496. The van der Waals surface area contributed by atoms with Crippen LogP contribution in [0.25, 0.3) is 0 Å². The first-order valence-corrected chi connectivity index (χ1v) is 5.60. The second-order valence-corrected chi connectivity index (χ2v) is 3.78. The fraction of sp³-hybridized carbons (Fsp3) is 0.500. The first kappa shape index (κ1) is 11.2. The minimum Gasteiger partial charge on any atom is -0.486 e. The predicted octanol–water partition coefficient (Wildman–Crippen LogP) is 0.798. The van der Waals surface area contributed by atoms with Crippen molar-refractivity contribution < 1.29 is 14.6 Å². The van der Waals surface area contributed by atoms with Gasteiger partial charge < -0.3 is 19.9 Å². The quantitative estimate of drug-likeness (QED) is 0.725. The number of aliphatic hydroxyl groups excluding tert-OH is 1. The maximum atomic E-state index is 8.64. The average molecular weight is 223 g/mol. The predicted molar refractivity (Wildman–Crippen MR) is 60.9 cm³/mol. The van der Waals surface area contributed by atoms with E-state index >= 15 is 0 Å². The summed E-state index contributed by atoms with van der Waals surface area (Å²) in [6.45, 7) is 2.34. The van der Waals surface area contributed by atoms with Crippen molar-refractivity contribution in [2.24, 2.45) is 0 Å². The number of benzene rings is 1. The first-order chi connectivity index (χ1) is 7.90. The zero-order valence-electron chi connectivity index (χ0n) is 9.19. The molecule has 0 saturated heterocycles. The average Bonchev–Trinajstić information content (AvgIpc) is 2.34. The Bertz CT molecular complexity index is 330. The summed E-state index contributed by atoms with van der Waals surface area (Å²) in [5.74, 6) is 1.62. The molecule has 0 aromatic heterocycles. The van der Waals surface area contributed by atoms with Crippen molar-refractivity contribution in [3.05, 3.63) is 24.3 Å². The highest BCUT2D eigenvalue weighted by atomic mass is 16.6. The molecule has 0 fully saturated rings. The largest absolute Gasteiger partial charge is 0.486 e. The van der Waals surface area contributed by atoms with Crippen LogP contribution in [0.15, 0.2) is 24.3 Å². The van der Waals surface area contributed by atoms with E-state index in [1.165, 1.54) is 0 Å². The van der Waals surface area contributed by atoms with Gasteiger partial charge in [0, 0.05) is 13.2 Å². The first-order valence-electron chi connectivity index (χ1n) is 5.60. The second-order valence-electron chi connectivity index (χ2n) is 3.78. The summed E-state index contributed by atoms with van der Waals surface area (Å²) in [4.78, 5) is 0. The third-order valence-corrected chi connectivity index (χ3v) is 2.45. The van der Waals surface area contributed by atoms with Crippen molar-refractivity contribution in [1.29, 1.82) is 0 Å². The topological polar surface area (TPSA) is 50.7 Å². The van der Waals surface area contributed by atoms with E-state index in [1.54, 1.807) is 0 Å². The molecule has 16 heavy (non-hydrogen) atoms. The van der Waals surface area contributed by atoms with Crippen LogP contribution < -0.4 is 14.8 Å². The molecular formula is C12H17NO3. The highest BCUT2D eigenvalue weighted by molar-refractivity contribution is 5.40. The van der Waals surface area contributed by atoms with Gasteiger partial charge in [-0.2, -0.15) is 0 Å². The molecule has 2 N–H and O–H groups in total. The second kappa shape index (κ2) is 5.72. The van der Waals surface area contributed by atoms with Gasteiger partial charge >= 0.3 is 0 Å². The van der Waals surface area contributed by atoms with Crippen molar-refractivity contribution in [3.8, 4) is 11.5 Å². The van der Waals surface area contributed by atoms with Crippen LogP contribution in [0.3, 0.4) is 0 Å². The lowest BCUT2D eigenvalue weighted by Gasteiger charge is -2.26. The van der Waals surface area contributed by atoms with E-state index in [-0.39, 0.29) is 12.7 Å². The molecule has 0 aliphatic carbocycles. The van der Waals surface area contributed by atoms with E-state index in [4.69, 9.17) is 14.6 Å². The summed E-state index contributed by atoms with van der Waals surface area (Å²) in [5.41, 5.74) is 0. The number of para-hydroxylation sites is 2. The lowest BCUT2D eigenvalue weighted by Crippen LogP contribution is -2.38. The van der Waals surface area contributed by atoms with Gasteiger partial charge in [-0.15, -0.1) is 0 Å². The molecule has 2 rings (SSSR count). The highest BCUT2D eigenvalue weighted by Gasteiger charge is 2.19. The molecule has 0 unspecified atom stereocenters. The standard InChI is InChI=1S/C12H17NO3/c14-7-3-6-13-8-10-9-15-11-4-1-2-5-12(11)16-10/h1-2,4-5,10,13-14H,3,6-9H2/t10-/m0/s1. The molecule has 1 aliphatic rings. The smallest absolute Gasteiger partial charge is 0.161 e. The fourth-order valence-corrected chi connectivity index (χ4v) is 1.63. The van der Waals surface area contributed by atoms with Gasteiger partial charge in [-0.05, 0) is 25.1 Å². The third-order valence-electron chi connectivity index (χ3n) is 2.45. The van der Waals surface area contributed by atoms with Gasteiger partial charge in [0.25, 0.3) is 0 Å². The molecule has 1 aromatic carbocycles. The fourth-order valence-electron chi connectivity index (χ4n) is 1.63. The van der Waals surface area contributed by atoms with E-state index in [1.807, 2.05) is 24.3 Å². The SMILES string of the molecule is OCCCNC[C@H]1COc2ccccc2O1. The molecule has 4 heteroatoms. The third kappa shape index (κ3) is 2.87. The lowest BCUT2D eigenvalue weighted by atomic mass is 10.2. The highest BCUT2D eigenvalue weighted by Crippen LogP contribution is 2.30. The molecule has 0 spiro atoms. The molecule has 1 heterocycles. The van der Waals surface area contributed by atoms with E-state index in [0.717, 1.165) is 31.0 Å². The van der Waals surface area contributed by atoms with Crippen LogP contribution in [0.1, 0.15) is 6.42 Å². The van der Waals surface area contributed by atoms with Crippen molar-refractivity contribution in [2.45, 2.75) is 12.5 Å². The minimum absolute atomic E-state index is 0.0496. The van der Waals surface area contributed by atoms with Crippen LogP contribution in [-0.2, 0) is 0 Å². The molecular weight excluding hydrogens is 206 g/mol. The maximum absolute atomic E-state index is 8.64. The zero-order valence-corrected chi connectivity index (χ0v) is 9.19. The maximum Gasteiger partial charge on any atom is 0.161 e. The molecule has 4 nitrogen and oxygen atoms in total. The van der Waals surface area contributed by atoms with Crippen LogP contribution >= 0.6 is 0 Å². The Balaban J connectivity index is 1.79. The van der Waals surface area contributed by atoms with Crippen LogP contribution in [0.5, 0.6) is 11.5 Å². The number of rotatable bonds is 5. The van der Waals surface area contributed by atoms with Gasteiger partial charge in [0.2, 0.25) is 0 Å². The molecule has 0 bridgehead atoms.